The van der Waals surface area contributed by atoms with Gasteiger partial charge in [0.25, 0.3) is 11.6 Å². The fourth-order valence-electron chi connectivity index (χ4n) is 1.90. The molecule has 1 aromatic rings. The van der Waals surface area contributed by atoms with Gasteiger partial charge in [-0.05, 0) is 26.2 Å². The average molecular weight is 298 g/mol. The third kappa shape index (κ3) is 3.71. The summed E-state index contributed by atoms with van der Waals surface area (Å²) in [7, 11) is 0. The number of rotatable bonds is 6. The van der Waals surface area contributed by atoms with Crippen LogP contribution in [0.1, 0.15) is 22.8 Å². The third-order valence-electron chi connectivity index (χ3n) is 3.06. The zero-order valence-corrected chi connectivity index (χ0v) is 12.4. The van der Waals surface area contributed by atoms with Crippen LogP contribution in [0.4, 0.5) is 5.69 Å². The van der Waals surface area contributed by atoms with Crippen LogP contribution in [0.3, 0.4) is 0 Å². The van der Waals surface area contributed by atoms with E-state index in [4.69, 9.17) is 0 Å². The summed E-state index contributed by atoms with van der Waals surface area (Å²) < 4.78 is 0. The van der Waals surface area contributed by atoms with Gasteiger partial charge in [-0.2, -0.15) is 11.8 Å². The Morgan fingerprint density at radius 2 is 2.20 bits per heavy atom. The van der Waals surface area contributed by atoms with Crippen LogP contribution in [0, 0.1) is 17.0 Å². The highest BCUT2D eigenvalue weighted by molar-refractivity contribution is 7.99. The molecule has 0 heterocycles. The molecule has 0 aliphatic heterocycles. The number of nitrogens with one attached hydrogen (secondary N) is 1. The fraction of sp³-hybridized carbons (Fsp3) is 0.462. The number of para-hydroxylation sites is 1. The summed E-state index contributed by atoms with van der Waals surface area (Å²) in [6, 6.07) is 4.35. The Kier molecular flexibility index (Phi) is 5.97. The normalized spacial score (nSPS) is 13.6. The van der Waals surface area contributed by atoms with Crippen LogP contribution in [-0.2, 0) is 0 Å². The molecule has 1 rings (SSSR count). The number of amides is 1. The van der Waals surface area contributed by atoms with Crippen molar-refractivity contribution in [3.05, 3.63) is 39.4 Å². The maximum Gasteiger partial charge on any atom is 0.285 e. The summed E-state index contributed by atoms with van der Waals surface area (Å²) in [5.41, 5.74) is 0.306. The maximum atomic E-state index is 12.2. The van der Waals surface area contributed by atoms with E-state index in [9.17, 15) is 20.0 Å². The van der Waals surface area contributed by atoms with Crippen LogP contribution in [0.25, 0.3) is 0 Å². The average Bonchev–Trinajstić information content (AvgIpc) is 2.39. The van der Waals surface area contributed by atoms with Gasteiger partial charge in [-0.1, -0.05) is 12.1 Å². The van der Waals surface area contributed by atoms with Gasteiger partial charge in [0.15, 0.2) is 0 Å². The Balaban J connectivity index is 2.99. The molecule has 110 valence electrons. The molecule has 0 saturated heterocycles. The van der Waals surface area contributed by atoms with E-state index in [1.165, 1.54) is 17.8 Å². The van der Waals surface area contributed by atoms with Gasteiger partial charge in [-0.15, -0.1) is 0 Å². The van der Waals surface area contributed by atoms with Crippen LogP contribution in [0.15, 0.2) is 18.2 Å². The number of aliphatic hydroxyl groups excluding tert-OH is 1. The van der Waals surface area contributed by atoms with Gasteiger partial charge in [0.2, 0.25) is 0 Å². The molecule has 0 aromatic heterocycles. The first-order valence-electron chi connectivity index (χ1n) is 6.10. The molecule has 2 unspecified atom stereocenters. The zero-order chi connectivity index (χ0) is 15.3. The van der Waals surface area contributed by atoms with Crippen LogP contribution in [0.2, 0.25) is 0 Å². The van der Waals surface area contributed by atoms with E-state index in [0.717, 1.165) is 0 Å². The monoisotopic (exact) mass is 298 g/mol. The number of benzene rings is 1. The van der Waals surface area contributed by atoms with E-state index in [-0.39, 0.29) is 29.1 Å². The third-order valence-corrected chi connectivity index (χ3v) is 4.23. The summed E-state index contributed by atoms with van der Waals surface area (Å²) in [5.74, 6) is -0.500. The predicted molar refractivity (Wildman–Crippen MR) is 79.2 cm³/mol. The first kappa shape index (κ1) is 16.5. The van der Waals surface area contributed by atoms with Crippen LogP contribution in [0.5, 0.6) is 0 Å². The van der Waals surface area contributed by atoms with Gasteiger partial charge in [0.05, 0.1) is 11.5 Å². The van der Waals surface area contributed by atoms with Gasteiger partial charge < -0.3 is 10.4 Å². The van der Waals surface area contributed by atoms with Gasteiger partial charge >= 0.3 is 0 Å². The Morgan fingerprint density at radius 1 is 1.55 bits per heavy atom. The Bertz CT molecular complexity index is 503. The molecular formula is C13H18N2O4S. The molecule has 0 radical (unpaired) electrons. The molecule has 0 bridgehead atoms. The van der Waals surface area contributed by atoms with E-state index in [1.807, 2.05) is 6.26 Å². The van der Waals surface area contributed by atoms with Crippen molar-refractivity contribution in [1.82, 2.24) is 5.32 Å². The number of nitro groups is 1. The van der Waals surface area contributed by atoms with Gasteiger partial charge in [0, 0.05) is 16.9 Å². The number of aliphatic hydroxyl groups is 1. The van der Waals surface area contributed by atoms with E-state index in [0.29, 0.717) is 5.56 Å². The zero-order valence-electron chi connectivity index (χ0n) is 11.6. The lowest BCUT2D eigenvalue weighted by Crippen LogP contribution is -2.41. The molecule has 0 fully saturated rings. The smallest absolute Gasteiger partial charge is 0.285 e. The molecular weight excluding hydrogens is 280 g/mol. The Labute approximate surface area is 121 Å². The van der Waals surface area contributed by atoms with Crippen LogP contribution < -0.4 is 5.32 Å². The quantitative estimate of drug-likeness (QED) is 0.616. The predicted octanol–water partition coefficient (Wildman–Crippen LogP) is 1.75. The van der Waals surface area contributed by atoms with E-state index in [1.54, 1.807) is 26.0 Å². The summed E-state index contributed by atoms with van der Waals surface area (Å²) in [6.07, 6.45) is 1.83. The second-order valence-corrected chi connectivity index (χ2v) is 5.52. The molecule has 6 nitrogen and oxygen atoms in total. The second kappa shape index (κ2) is 7.25. The highest BCUT2D eigenvalue weighted by Gasteiger charge is 2.25. The van der Waals surface area contributed by atoms with Crippen molar-refractivity contribution in [1.29, 1.82) is 0 Å². The second-order valence-electron chi connectivity index (χ2n) is 4.45. The van der Waals surface area contributed by atoms with Crippen molar-refractivity contribution in [3.63, 3.8) is 0 Å². The Hall–Kier alpha value is -1.60. The summed E-state index contributed by atoms with van der Waals surface area (Å²) in [6.45, 7) is 3.28. The largest absolute Gasteiger partial charge is 0.395 e. The standard InChI is InChI=1S/C13H18N2O4S/c1-8-5-4-6-10(12(8)15(18)19)13(17)14-9(2)11(7-16)20-3/h4-6,9,11,16H,7H2,1-3H3,(H,14,17). The van der Waals surface area contributed by atoms with E-state index >= 15 is 0 Å². The highest BCUT2D eigenvalue weighted by Crippen LogP contribution is 2.23. The molecule has 0 spiro atoms. The lowest BCUT2D eigenvalue weighted by Gasteiger charge is -2.21. The molecule has 20 heavy (non-hydrogen) atoms. The molecule has 2 N–H and O–H groups in total. The molecule has 0 aliphatic carbocycles. The van der Waals surface area contributed by atoms with Gasteiger partial charge in [-0.25, -0.2) is 0 Å². The minimum atomic E-state index is -0.549. The van der Waals surface area contributed by atoms with Crippen molar-refractivity contribution >= 4 is 23.4 Å². The number of nitrogens with zero attached hydrogens (tertiary/aromatic N) is 1. The van der Waals surface area contributed by atoms with Crippen molar-refractivity contribution < 1.29 is 14.8 Å². The molecule has 1 aromatic carbocycles. The summed E-state index contributed by atoms with van der Waals surface area (Å²) >= 11 is 1.43. The molecule has 0 saturated carbocycles. The van der Waals surface area contributed by atoms with Gasteiger partial charge in [-0.3, -0.25) is 14.9 Å². The lowest BCUT2D eigenvalue weighted by atomic mass is 10.1. The highest BCUT2D eigenvalue weighted by atomic mass is 32.2. The van der Waals surface area contributed by atoms with E-state index in [2.05, 4.69) is 5.32 Å². The lowest BCUT2D eigenvalue weighted by molar-refractivity contribution is -0.385. The summed E-state index contributed by atoms with van der Waals surface area (Å²) in [4.78, 5) is 22.7. The molecule has 1 amide bonds. The van der Waals surface area contributed by atoms with Crippen molar-refractivity contribution in [3.8, 4) is 0 Å². The van der Waals surface area contributed by atoms with Crippen molar-refractivity contribution in [2.75, 3.05) is 12.9 Å². The SMILES string of the molecule is CSC(CO)C(C)NC(=O)c1cccc(C)c1[N+](=O)[O-]. The minimum absolute atomic E-state index is 0.0413. The van der Waals surface area contributed by atoms with Crippen molar-refractivity contribution in [2.24, 2.45) is 0 Å². The number of carbonyl (C=O) groups is 1. The molecule has 0 aliphatic rings. The number of hydrogen-bond donors (Lipinski definition) is 2. The number of nitro benzene ring substituents is 1. The molecule has 7 heteroatoms. The Morgan fingerprint density at radius 3 is 2.70 bits per heavy atom. The topological polar surface area (TPSA) is 92.5 Å². The maximum absolute atomic E-state index is 12.2. The minimum Gasteiger partial charge on any atom is -0.395 e. The van der Waals surface area contributed by atoms with Gasteiger partial charge in [0.1, 0.15) is 5.56 Å². The van der Waals surface area contributed by atoms with Crippen molar-refractivity contribution in [2.45, 2.75) is 25.1 Å². The van der Waals surface area contributed by atoms with Crippen LogP contribution >= 0.6 is 11.8 Å². The summed E-state index contributed by atoms with van der Waals surface area (Å²) in [5, 5.41) is 22.8. The molecule has 2 atom stereocenters. The first-order valence-corrected chi connectivity index (χ1v) is 7.39. The number of hydrogen-bond acceptors (Lipinski definition) is 5. The van der Waals surface area contributed by atoms with E-state index < -0.39 is 10.8 Å². The number of aryl methyl sites for hydroxylation is 1. The van der Waals surface area contributed by atoms with Crippen LogP contribution in [-0.4, -0.2) is 40.1 Å². The first-order chi connectivity index (χ1) is 9.42. The number of thioether (sulfide) groups is 1. The fourth-order valence-corrected chi connectivity index (χ4v) is 2.52. The number of carbonyl (C=O) groups excluding carboxylic acids is 1.